The SMILES string of the molecule is O=C(/C=C/Cc1ccc(OCc2ccccc2)c(OCc2ccccc2)c1)OC(Cc1ccc(O)c(O)c1)C(=O)O. The molecule has 0 saturated carbocycles. The molecule has 1 unspecified atom stereocenters. The molecule has 8 nitrogen and oxygen atoms in total. The Labute approximate surface area is 237 Å². The third kappa shape index (κ3) is 8.90. The lowest BCUT2D eigenvalue weighted by atomic mass is 10.1. The van der Waals surface area contributed by atoms with Gasteiger partial charge in [0, 0.05) is 12.5 Å². The molecule has 0 aliphatic carbocycles. The highest BCUT2D eigenvalue weighted by Crippen LogP contribution is 2.30. The lowest BCUT2D eigenvalue weighted by molar-refractivity contribution is -0.160. The van der Waals surface area contributed by atoms with Crippen molar-refractivity contribution in [1.82, 2.24) is 0 Å². The average Bonchev–Trinajstić information content (AvgIpc) is 2.98. The Morgan fingerprint density at radius 1 is 0.683 bits per heavy atom. The van der Waals surface area contributed by atoms with Crippen LogP contribution in [0, 0.1) is 0 Å². The highest BCUT2D eigenvalue weighted by Gasteiger charge is 2.22. The van der Waals surface area contributed by atoms with Crippen LogP contribution in [-0.4, -0.2) is 33.4 Å². The molecule has 0 aliphatic heterocycles. The molecule has 0 amide bonds. The second kappa shape index (κ2) is 14.2. The van der Waals surface area contributed by atoms with Crippen molar-refractivity contribution in [3.63, 3.8) is 0 Å². The molecule has 3 N–H and O–H groups in total. The number of aromatic hydroxyl groups is 2. The van der Waals surface area contributed by atoms with Gasteiger partial charge in [0.25, 0.3) is 0 Å². The number of rotatable bonds is 13. The molecule has 0 aromatic heterocycles. The molecule has 0 radical (unpaired) electrons. The zero-order valence-corrected chi connectivity index (χ0v) is 22.2. The molecular weight excluding hydrogens is 524 g/mol. The zero-order chi connectivity index (χ0) is 29.0. The normalized spacial score (nSPS) is 11.6. The van der Waals surface area contributed by atoms with E-state index in [9.17, 15) is 24.9 Å². The predicted octanol–water partition coefficient (Wildman–Crippen LogP) is 5.59. The van der Waals surface area contributed by atoms with E-state index >= 15 is 0 Å². The molecule has 0 heterocycles. The number of benzene rings is 4. The fourth-order valence-electron chi connectivity index (χ4n) is 3.94. The first-order chi connectivity index (χ1) is 19.9. The number of esters is 1. The summed E-state index contributed by atoms with van der Waals surface area (Å²) < 4.78 is 17.2. The Kier molecular flexibility index (Phi) is 9.98. The largest absolute Gasteiger partial charge is 0.504 e. The van der Waals surface area contributed by atoms with Gasteiger partial charge in [0.15, 0.2) is 23.0 Å². The van der Waals surface area contributed by atoms with E-state index in [0.29, 0.717) is 36.7 Å². The van der Waals surface area contributed by atoms with Gasteiger partial charge in [0.05, 0.1) is 0 Å². The molecule has 0 aliphatic rings. The van der Waals surface area contributed by atoms with E-state index in [1.54, 1.807) is 6.08 Å². The Morgan fingerprint density at radius 3 is 1.90 bits per heavy atom. The van der Waals surface area contributed by atoms with Gasteiger partial charge in [-0.3, -0.25) is 0 Å². The van der Waals surface area contributed by atoms with E-state index in [4.69, 9.17) is 14.2 Å². The molecule has 4 aromatic rings. The third-order valence-electron chi connectivity index (χ3n) is 6.08. The number of allylic oxidation sites excluding steroid dienone is 1. The van der Waals surface area contributed by atoms with Gasteiger partial charge in [-0.05, 0) is 52.9 Å². The first-order valence-electron chi connectivity index (χ1n) is 12.9. The number of carboxylic acid groups (broad SMARTS) is 1. The van der Waals surface area contributed by atoms with Crippen molar-refractivity contribution in [2.75, 3.05) is 0 Å². The van der Waals surface area contributed by atoms with Gasteiger partial charge < -0.3 is 29.5 Å². The molecular formula is C33H30O8. The van der Waals surface area contributed by atoms with Crippen molar-refractivity contribution in [3.05, 3.63) is 131 Å². The number of ether oxygens (including phenoxy) is 3. The quantitative estimate of drug-likeness (QED) is 0.111. The first kappa shape index (κ1) is 28.8. The Balaban J connectivity index is 1.40. The molecule has 4 rings (SSSR count). The highest BCUT2D eigenvalue weighted by molar-refractivity contribution is 5.85. The smallest absolute Gasteiger partial charge is 0.345 e. The standard InChI is InChI=1S/C33H30O8/c34-27-16-14-26(18-28(27)35)20-31(33(37)38)41-32(36)13-7-12-23-15-17-29(39-21-24-8-3-1-4-9-24)30(19-23)40-22-25-10-5-2-6-11-25/h1-11,13-19,31,34-35H,12,20-22H2,(H,37,38)/b13-7+. The van der Waals surface area contributed by atoms with E-state index in [1.807, 2.05) is 78.9 Å². The van der Waals surface area contributed by atoms with Crippen LogP contribution in [0.3, 0.4) is 0 Å². The minimum Gasteiger partial charge on any atom is -0.504 e. The Morgan fingerprint density at radius 2 is 1.29 bits per heavy atom. The fraction of sp³-hybridized carbons (Fsp3) is 0.152. The molecule has 210 valence electrons. The van der Waals surface area contributed by atoms with E-state index in [1.165, 1.54) is 24.3 Å². The Hall–Kier alpha value is -5.24. The van der Waals surface area contributed by atoms with Crippen molar-refractivity contribution in [3.8, 4) is 23.0 Å². The molecule has 0 bridgehead atoms. The van der Waals surface area contributed by atoms with E-state index < -0.39 is 18.0 Å². The number of hydrogen-bond acceptors (Lipinski definition) is 7. The number of carboxylic acids is 1. The van der Waals surface area contributed by atoms with Crippen molar-refractivity contribution < 1.29 is 39.1 Å². The summed E-state index contributed by atoms with van der Waals surface area (Å²) in [6, 6.07) is 29.0. The van der Waals surface area contributed by atoms with Crippen LogP contribution in [0.4, 0.5) is 0 Å². The van der Waals surface area contributed by atoms with Crippen LogP contribution in [0.15, 0.2) is 109 Å². The van der Waals surface area contributed by atoms with Crippen LogP contribution in [0.5, 0.6) is 23.0 Å². The number of hydrogen-bond donors (Lipinski definition) is 3. The summed E-state index contributed by atoms with van der Waals surface area (Å²) in [5.41, 5.74) is 3.26. The molecule has 4 aromatic carbocycles. The predicted molar refractivity (Wildman–Crippen MR) is 152 cm³/mol. The maximum atomic E-state index is 12.4. The molecule has 8 heteroatoms. The number of aliphatic carboxylic acids is 1. The van der Waals surface area contributed by atoms with E-state index in [2.05, 4.69) is 0 Å². The minimum atomic E-state index is -1.46. The van der Waals surface area contributed by atoms with Crippen LogP contribution in [0.25, 0.3) is 0 Å². The highest BCUT2D eigenvalue weighted by atomic mass is 16.6. The van der Waals surface area contributed by atoms with Gasteiger partial charge in [-0.1, -0.05) is 78.9 Å². The van der Waals surface area contributed by atoms with Crippen LogP contribution in [0.1, 0.15) is 22.3 Å². The maximum Gasteiger partial charge on any atom is 0.345 e. The summed E-state index contributed by atoms with van der Waals surface area (Å²) in [6.07, 6.45) is 1.48. The monoisotopic (exact) mass is 554 g/mol. The van der Waals surface area contributed by atoms with Crippen molar-refractivity contribution in [2.24, 2.45) is 0 Å². The van der Waals surface area contributed by atoms with E-state index in [-0.39, 0.29) is 17.9 Å². The first-order valence-corrected chi connectivity index (χ1v) is 12.9. The van der Waals surface area contributed by atoms with Gasteiger partial charge >= 0.3 is 11.9 Å². The van der Waals surface area contributed by atoms with Crippen LogP contribution in [0.2, 0.25) is 0 Å². The second-order valence-corrected chi connectivity index (χ2v) is 9.23. The summed E-state index contributed by atoms with van der Waals surface area (Å²) in [4.78, 5) is 24.0. The molecule has 41 heavy (non-hydrogen) atoms. The molecule has 0 spiro atoms. The maximum absolute atomic E-state index is 12.4. The van der Waals surface area contributed by atoms with Crippen molar-refractivity contribution in [2.45, 2.75) is 32.2 Å². The van der Waals surface area contributed by atoms with Crippen molar-refractivity contribution in [1.29, 1.82) is 0 Å². The lowest BCUT2D eigenvalue weighted by Gasteiger charge is -2.14. The van der Waals surface area contributed by atoms with Crippen LogP contribution >= 0.6 is 0 Å². The Bertz CT molecular complexity index is 1480. The molecule has 0 fully saturated rings. The summed E-state index contributed by atoms with van der Waals surface area (Å²) in [7, 11) is 0. The number of carbonyl (C=O) groups is 2. The van der Waals surface area contributed by atoms with Gasteiger partial charge in [-0.25, -0.2) is 9.59 Å². The third-order valence-corrected chi connectivity index (χ3v) is 6.08. The number of phenols is 2. The molecule has 1 atom stereocenters. The molecule has 0 saturated heterocycles. The number of phenolic OH excluding ortho intramolecular Hbond substituents is 2. The average molecular weight is 555 g/mol. The fourth-order valence-corrected chi connectivity index (χ4v) is 3.94. The van der Waals surface area contributed by atoms with Gasteiger partial charge in [-0.15, -0.1) is 0 Å². The van der Waals surface area contributed by atoms with Crippen LogP contribution in [-0.2, 0) is 40.4 Å². The summed E-state index contributed by atoms with van der Waals surface area (Å²) in [6.45, 7) is 0.728. The number of carbonyl (C=O) groups excluding carboxylic acids is 1. The van der Waals surface area contributed by atoms with Crippen molar-refractivity contribution >= 4 is 11.9 Å². The minimum absolute atomic E-state index is 0.171. The zero-order valence-electron chi connectivity index (χ0n) is 22.2. The lowest BCUT2D eigenvalue weighted by Crippen LogP contribution is -2.28. The summed E-state index contributed by atoms with van der Waals surface area (Å²) >= 11 is 0. The van der Waals surface area contributed by atoms with E-state index in [0.717, 1.165) is 16.7 Å². The van der Waals surface area contributed by atoms with Crippen LogP contribution < -0.4 is 9.47 Å². The second-order valence-electron chi connectivity index (χ2n) is 9.23. The van der Waals surface area contributed by atoms with Gasteiger partial charge in [0.2, 0.25) is 6.10 Å². The summed E-state index contributed by atoms with van der Waals surface area (Å²) in [5, 5.41) is 28.5. The topological polar surface area (TPSA) is 123 Å². The van der Waals surface area contributed by atoms with Gasteiger partial charge in [0.1, 0.15) is 13.2 Å². The summed E-state index contributed by atoms with van der Waals surface area (Å²) in [5.74, 6) is -1.72. The van der Waals surface area contributed by atoms with Gasteiger partial charge in [-0.2, -0.15) is 0 Å².